The van der Waals surface area contributed by atoms with Crippen molar-refractivity contribution >= 4 is 43.5 Å². The van der Waals surface area contributed by atoms with Crippen LogP contribution < -0.4 is 0 Å². The highest BCUT2D eigenvalue weighted by molar-refractivity contribution is 6.12. The molecule has 1 aliphatic carbocycles. The second-order valence-corrected chi connectivity index (χ2v) is 13.5. The lowest BCUT2D eigenvalue weighted by atomic mass is 9.81. The lowest BCUT2D eigenvalue weighted by molar-refractivity contribution is 0.661. The lowest BCUT2D eigenvalue weighted by Gasteiger charge is -2.22. The van der Waals surface area contributed by atoms with Gasteiger partial charge in [-0.2, -0.15) is 0 Å². The molecule has 0 unspecified atom stereocenters. The van der Waals surface area contributed by atoms with E-state index in [1.807, 2.05) is 0 Å². The summed E-state index contributed by atoms with van der Waals surface area (Å²) in [5.41, 5.74) is 12.7. The van der Waals surface area contributed by atoms with Gasteiger partial charge in [-0.05, 0) is 86.6 Å². The summed E-state index contributed by atoms with van der Waals surface area (Å²) in [4.78, 5) is 10.6. The largest absolute Gasteiger partial charge is 0.278 e. The summed E-state index contributed by atoms with van der Waals surface area (Å²) in [6, 6.07) is 54.6. The molecule has 0 radical (unpaired) electrons. The van der Waals surface area contributed by atoms with Crippen molar-refractivity contribution < 1.29 is 0 Å². The molecule has 9 aromatic rings. The molecule has 0 amide bonds. The van der Waals surface area contributed by atoms with E-state index >= 15 is 0 Å². The van der Waals surface area contributed by atoms with E-state index in [0.29, 0.717) is 5.95 Å². The zero-order chi connectivity index (χ0) is 32.0. The molecule has 2 heterocycles. The van der Waals surface area contributed by atoms with Crippen LogP contribution in [0.2, 0.25) is 0 Å². The van der Waals surface area contributed by atoms with Crippen LogP contribution in [-0.2, 0) is 5.41 Å². The van der Waals surface area contributed by atoms with Crippen LogP contribution in [-0.4, -0.2) is 14.5 Å². The highest BCUT2D eigenvalue weighted by Crippen LogP contribution is 2.52. The SMILES string of the molecule is CC1(C)c2cc3ccccc3cc2-c2cc3c4ccccc4n(-c4nc(-c5cccc(-c6ccccc6)c5)c5ccccc5n4)c3cc21. The zero-order valence-electron chi connectivity index (χ0n) is 26.8. The second kappa shape index (κ2) is 9.97. The molecule has 226 valence electrons. The maximum absolute atomic E-state index is 5.41. The van der Waals surface area contributed by atoms with Crippen molar-refractivity contribution in [2.45, 2.75) is 19.3 Å². The van der Waals surface area contributed by atoms with E-state index in [-0.39, 0.29) is 5.41 Å². The molecule has 2 aromatic heterocycles. The van der Waals surface area contributed by atoms with Gasteiger partial charge in [0.2, 0.25) is 5.95 Å². The summed E-state index contributed by atoms with van der Waals surface area (Å²) < 4.78 is 2.28. The average molecular weight is 614 g/mol. The van der Waals surface area contributed by atoms with Gasteiger partial charge in [-0.25, -0.2) is 9.97 Å². The predicted octanol–water partition coefficient (Wildman–Crippen LogP) is 11.5. The molecule has 10 rings (SSSR count). The molecule has 0 bridgehead atoms. The number of rotatable bonds is 3. The van der Waals surface area contributed by atoms with E-state index < -0.39 is 0 Å². The molecule has 0 fully saturated rings. The van der Waals surface area contributed by atoms with Crippen molar-refractivity contribution in [3.8, 4) is 39.5 Å². The van der Waals surface area contributed by atoms with Gasteiger partial charge in [0.25, 0.3) is 0 Å². The van der Waals surface area contributed by atoms with Crippen molar-refractivity contribution in [1.82, 2.24) is 14.5 Å². The Morgan fingerprint density at radius 3 is 1.96 bits per heavy atom. The number of nitrogens with zero attached hydrogens (tertiary/aromatic N) is 3. The molecule has 0 atom stereocenters. The molecule has 3 heteroatoms. The summed E-state index contributed by atoms with van der Waals surface area (Å²) in [7, 11) is 0. The van der Waals surface area contributed by atoms with Crippen LogP contribution in [0.3, 0.4) is 0 Å². The third kappa shape index (κ3) is 3.88. The molecule has 0 saturated heterocycles. The fourth-order valence-corrected chi connectivity index (χ4v) is 7.96. The minimum absolute atomic E-state index is 0.155. The Hall–Kier alpha value is -6.06. The fraction of sp³-hybridized carbons (Fsp3) is 0.0667. The van der Waals surface area contributed by atoms with Crippen LogP contribution in [0.15, 0.2) is 152 Å². The third-order valence-electron chi connectivity index (χ3n) is 10.4. The standard InChI is InChI=1S/C45H31N3/c1-45(2)38-25-31-16-7-6-15-30(31)24-35(38)36-26-37-33-19-9-11-22-41(33)48(42(37)27-39(36)45)44-46-40-21-10-8-20-34(40)43(47-44)32-18-12-17-29(23-32)28-13-4-3-5-14-28/h3-27H,1-2H3. The van der Waals surface area contributed by atoms with Gasteiger partial charge in [0.05, 0.1) is 22.2 Å². The van der Waals surface area contributed by atoms with Crippen LogP contribution in [0.5, 0.6) is 0 Å². The number of aromatic nitrogens is 3. The van der Waals surface area contributed by atoms with Crippen molar-refractivity contribution in [2.24, 2.45) is 0 Å². The Kier molecular flexibility index (Phi) is 5.63. The topological polar surface area (TPSA) is 30.7 Å². The van der Waals surface area contributed by atoms with Gasteiger partial charge in [0.1, 0.15) is 0 Å². The van der Waals surface area contributed by atoms with Crippen molar-refractivity contribution in [1.29, 1.82) is 0 Å². The van der Waals surface area contributed by atoms with Gasteiger partial charge in [-0.3, -0.25) is 4.57 Å². The Balaban J connectivity index is 1.24. The molecular weight excluding hydrogens is 583 g/mol. The predicted molar refractivity (Wildman–Crippen MR) is 200 cm³/mol. The summed E-state index contributed by atoms with van der Waals surface area (Å²) >= 11 is 0. The van der Waals surface area contributed by atoms with E-state index in [2.05, 4.69) is 170 Å². The van der Waals surface area contributed by atoms with Gasteiger partial charge < -0.3 is 0 Å². The van der Waals surface area contributed by atoms with Gasteiger partial charge in [0.15, 0.2) is 0 Å². The second-order valence-electron chi connectivity index (χ2n) is 13.5. The lowest BCUT2D eigenvalue weighted by Crippen LogP contribution is -2.15. The minimum atomic E-state index is -0.155. The highest BCUT2D eigenvalue weighted by Gasteiger charge is 2.37. The monoisotopic (exact) mass is 613 g/mol. The number of hydrogen-bond acceptors (Lipinski definition) is 2. The molecule has 1 aliphatic rings. The van der Waals surface area contributed by atoms with E-state index in [1.165, 1.54) is 54.9 Å². The maximum atomic E-state index is 5.41. The Morgan fingerprint density at radius 2 is 1.10 bits per heavy atom. The van der Waals surface area contributed by atoms with E-state index in [9.17, 15) is 0 Å². The summed E-state index contributed by atoms with van der Waals surface area (Å²) in [6.07, 6.45) is 0. The first-order chi connectivity index (χ1) is 23.5. The van der Waals surface area contributed by atoms with E-state index in [1.54, 1.807) is 0 Å². The molecule has 3 nitrogen and oxygen atoms in total. The molecular formula is C45H31N3. The van der Waals surface area contributed by atoms with Crippen LogP contribution in [0, 0.1) is 0 Å². The Labute approximate surface area is 278 Å². The van der Waals surface area contributed by atoms with Crippen molar-refractivity contribution in [3.05, 3.63) is 163 Å². The number of fused-ring (bicyclic) bond motifs is 8. The first kappa shape index (κ1) is 27.1. The van der Waals surface area contributed by atoms with Crippen LogP contribution >= 0.6 is 0 Å². The molecule has 0 saturated carbocycles. The van der Waals surface area contributed by atoms with Gasteiger partial charge in [-0.15, -0.1) is 0 Å². The van der Waals surface area contributed by atoms with Crippen LogP contribution in [0.4, 0.5) is 0 Å². The van der Waals surface area contributed by atoms with Gasteiger partial charge in [-0.1, -0.05) is 123 Å². The van der Waals surface area contributed by atoms with E-state index in [4.69, 9.17) is 9.97 Å². The quantitative estimate of drug-likeness (QED) is 0.198. The summed E-state index contributed by atoms with van der Waals surface area (Å²) in [5.74, 6) is 0.680. The fourth-order valence-electron chi connectivity index (χ4n) is 7.96. The highest BCUT2D eigenvalue weighted by atomic mass is 15.2. The van der Waals surface area contributed by atoms with Gasteiger partial charge >= 0.3 is 0 Å². The maximum Gasteiger partial charge on any atom is 0.235 e. The molecule has 0 spiro atoms. The van der Waals surface area contributed by atoms with Gasteiger partial charge in [0, 0.05) is 27.1 Å². The molecule has 0 aliphatic heterocycles. The first-order valence-corrected chi connectivity index (χ1v) is 16.6. The van der Waals surface area contributed by atoms with Crippen molar-refractivity contribution in [2.75, 3.05) is 0 Å². The summed E-state index contributed by atoms with van der Waals surface area (Å²) in [5, 5.41) is 6.01. The molecule has 0 N–H and O–H groups in total. The number of para-hydroxylation sites is 2. The summed E-state index contributed by atoms with van der Waals surface area (Å²) in [6.45, 7) is 4.71. The van der Waals surface area contributed by atoms with Crippen LogP contribution in [0.1, 0.15) is 25.0 Å². The first-order valence-electron chi connectivity index (χ1n) is 16.6. The number of benzene rings is 7. The van der Waals surface area contributed by atoms with Crippen LogP contribution in [0.25, 0.3) is 82.9 Å². The number of hydrogen-bond donors (Lipinski definition) is 0. The Bertz CT molecular complexity index is 2750. The molecule has 48 heavy (non-hydrogen) atoms. The van der Waals surface area contributed by atoms with E-state index in [0.717, 1.165) is 33.2 Å². The third-order valence-corrected chi connectivity index (χ3v) is 10.4. The average Bonchev–Trinajstić information content (AvgIpc) is 3.57. The zero-order valence-corrected chi connectivity index (χ0v) is 26.8. The van der Waals surface area contributed by atoms with Crippen molar-refractivity contribution in [3.63, 3.8) is 0 Å². The Morgan fingerprint density at radius 1 is 0.458 bits per heavy atom. The molecule has 7 aromatic carbocycles. The normalized spacial score (nSPS) is 13.4. The minimum Gasteiger partial charge on any atom is -0.278 e. The smallest absolute Gasteiger partial charge is 0.235 e.